The van der Waals surface area contributed by atoms with Crippen molar-refractivity contribution in [3.05, 3.63) is 29.8 Å². The number of rotatable bonds is 3. The van der Waals surface area contributed by atoms with E-state index >= 15 is 0 Å². The van der Waals surface area contributed by atoms with Gasteiger partial charge in [0, 0.05) is 0 Å². The van der Waals surface area contributed by atoms with E-state index in [0.29, 0.717) is 5.75 Å². The molecule has 0 saturated carbocycles. The van der Waals surface area contributed by atoms with Gasteiger partial charge in [0.25, 0.3) is 0 Å². The first-order chi connectivity index (χ1) is 6.72. The number of carboxylic acid groups (broad SMARTS) is 1. The Balaban J connectivity index is 2.15. The molecular formula is C10H10O4. The molecule has 0 aliphatic carbocycles. The summed E-state index contributed by atoms with van der Waals surface area (Å²) in [5, 5.41) is 8.66. The number of aliphatic carboxylic acids is 1. The van der Waals surface area contributed by atoms with Crippen LogP contribution in [0.1, 0.15) is 11.7 Å². The van der Waals surface area contributed by atoms with Crippen molar-refractivity contribution in [2.24, 2.45) is 0 Å². The number of carboxylic acids is 1. The third kappa shape index (κ3) is 1.56. The van der Waals surface area contributed by atoms with Crippen molar-refractivity contribution in [2.45, 2.75) is 12.2 Å². The molecule has 14 heavy (non-hydrogen) atoms. The summed E-state index contributed by atoms with van der Waals surface area (Å²) in [4.78, 5) is 10.5. The first kappa shape index (κ1) is 9.02. The average Bonchev–Trinajstić information content (AvgIpc) is 2.97. The van der Waals surface area contributed by atoms with Crippen molar-refractivity contribution in [3.63, 3.8) is 0 Å². The summed E-state index contributed by atoms with van der Waals surface area (Å²) >= 11 is 0. The molecule has 1 heterocycles. The normalized spacial score (nSPS) is 24.4. The van der Waals surface area contributed by atoms with Crippen LogP contribution in [0.4, 0.5) is 0 Å². The maximum atomic E-state index is 10.5. The quantitative estimate of drug-likeness (QED) is 0.735. The number of methoxy groups -OCH3 is 1. The molecule has 1 aliphatic heterocycles. The van der Waals surface area contributed by atoms with Gasteiger partial charge in [-0.1, -0.05) is 12.1 Å². The van der Waals surface area contributed by atoms with E-state index in [1.165, 1.54) is 0 Å². The van der Waals surface area contributed by atoms with E-state index in [1.807, 2.05) is 18.2 Å². The zero-order valence-electron chi connectivity index (χ0n) is 7.64. The first-order valence-electron chi connectivity index (χ1n) is 4.24. The van der Waals surface area contributed by atoms with Gasteiger partial charge in [-0.3, -0.25) is 0 Å². The van der Waals surface area contributed by atoms with Crippen LogP contribution in [0.15, 0.2) is 24.3 Å². The van der Waals surface area contributed by atoms with Gasteiger partial charge in [0.15, 0.2) is 6.10 Å². The summed E-state index contributed by atoms with van der Waals surface area (Å²) in [5.41, 5.74) is 0.844. The fourth-order valence-electron chi connectivity index (χ4n) is 1.37. The molecule has 0 aromatic heterocycles. The molecule has 4 heteroatoms. The van der Waals surface area contributed by atoms with Crippen molar-refractivity contribution >= 4 is 5.97 Å². The number of ether oxygens (including phenoxy) is 2. The van der Waals surface area contributed by atoms with Crippen LogP contribution in [0, 0.1) is 0 Å². The molecule has 2 rings (SSSR count). The largest absolute Gasteiger partial charge is 0.497 e. The van der Waals surface area contributed by atoms with Crippen molar-refractivity contribution in [3.8, 4) is 5.75 Å². The maximum Gasteiger partial charge on any atom is 0.335 e. The molecule has 4 nitrogen and oxygen atoms in total. The topological polar surface area (TPSA) is 59.1 Å². The molecule has 0 spiro atoms. The third-order valence-electron chi connectivity index (χ3n) is 2.16. The van der Waals surface area contributed by atoms with Gasteiger partial charge < -0.3 is 14.6 Å². The molecule has 1 fully saturated rings. The van der Waals surface area contributed by atoms with Gasteiger partial charge >= 0.3 is 5.97 Å². The maximum absolute atomic E-state index is 10.5. The number of epoxide rings is 1. The van der Waals surface area contributed by atoms with Crippen LogP contribution >= 0.6 is 0 Å². The van der Waals surface area contributed by atoms with E-state index < -0.39 is 12.1 Å². The molecular weight excluding hydrogens is 184 g/mol. The summed E-state index contributed by atoms with van der Waals surface area (Å²) in [5.74, 6) is -0.208. The van der Waals surface area contributed by atoms with E-state index in [0.717, 1.165) is 5.56 Å². The molecule has 1 aliphatic rings. The van der Waals surface area contributed by atoms with Gasteiger partial charge in [0.1, 0.15) is 11.9 Å². The highest BCUT2D eigenvalue weighted by molar-refractivity contribution is 5.76. The highest BCUT2D eigenvalue weighted by Crippen LogP contribution is 2.39. The van der Waals surface area contributed by atoms with Crippen LogP contribution in [0.25, 0.3) is 0 Å². The lowest BCUT2D eigenvalue weighted by Gasteiger charge is -2.00. The zero-order chi connectivity index (χ0) is 10.1. The second-order valence-electron chi connectivity index (χ2n) is 3.09. The van der Waals surface area contributed by atoms with Gasteiger partial charge in [-0.15, -0.1) is 0 Å². The molecule has 1 saturated heterocycles. The van der Waals surface area contributed by atoms with Gasteiger partial charge in [0.2, 0.25) is 0 Å². The Morgan fingerprint density at radius 1 is 1.57 bits per heavy atom. The monoisotopic (exact) mass is 194 g/mol. The third-order valence-corrected chi connectivity index (χ3v) is 2.16. The first-order valence-corrected chi connectivity index (χ1v) is 4.24. The Morgan fingerprint density at radius 3 is 2.93 bits per heavy atom. The molecule has 0 radical (unpaired) electrons. The highest BCUT2D eigenvalue weighted by Gasteiger charge is 2.46. The molecule has 1 N–H and O–H groups in total. The van der Waals surface area contributed by atoms with E-state index in [4.69, 9.17) is 14.6 Å². The lowest BCUT2D eigenvalue weighted by atomic mass is 10.1. The van der Waals surface area contributed by atoms with Crippen LogP contribution in [-0.2, 0) is 9.53 Å². The molecule has 2 atom stereocenters. The van der Waals surface area contributed by atoms with E-state index in [2.05, 4.69) is 0 Å². The van der Waals surface area contributed by atoms with Crippen molar-refractivity contribution in [1.29, 1.82) is 0 Å². The van der Waals surface area contributed by atoms with E-state index in [9.17, 15) is 4.79 Å². The van der Waals surface area contributed by atoms with Gasteiger partial charge in [-0.25, -0.2) is 4.79 Å². The Hall–Kier alpha value is -1.55. The molecule has 74 valence electrons. The second kappa shape index (κ2) is 3.31. The number of hydrogen-bond donors (Lipinski definition) is 1. The summed E-state index contributed by atoms with van der Waals surface area (Å²) in [7, 11) is 1.57. The Bertz CT molecular complexity index is 361. The predicted molar refractivity (Wildman–Crippen MR) is 48.2 cm³/mol. The van der Waals surface area contributed by atoms with Crippen LogP contribution in [0.5, 0.6) is 5.75 Å². The Labute approximate surface area is 81.1 Å². The second-order valence-corrected chi connectivity index (χ2v) is 3.09. The van der Waals surface area contributed by atoms with Crippen LogP contribution in [0.2, 0.25) is 0 Å². The molecule has 0 bridgehead atoms. The number of carbonyl (C=O) groups is 1. The minimum atomic E-state index is -0.919. The molecule has 1 aromatic rings. The molecule has 0 amide bonds. The van der Waals surface area contributed by atoms with Crippen molar-refractivity contribution in [1.82, 2.24) is 0 Å². The van der Waals surface area contributed by atoms with Crippen LogP contribution in [-0.4, -0.2) is 24.3 Å². The average molecular weight is 194 g/mol. The summed E-state index contributed by atoms with van der Waals surface area (Å²) < 4.78 is 10.0. The Morgan fingerprint density at radius 2 is 2.36 bits per heavy atom. The lowest BCUT2D eigenvalue weighted by Crippen LogP contribution is -2.04. The van der Waals surface area contributed by atoms with Gasteiger partial charge in [-0.2, -0.15) is 0 Å². The van der Waals surface area contributed by atoms with Crippen LogP contribution < -0.4 is 4.74 Å². The fourth-order valence-corrected chi connectivity index (χ4v) is 1.37. The summed E-state index contributed by atoms with van der Waals surface area (Å²) in [6.07, 6.45) is -1.01. The SMILES string of the molecule is COc1cccc([C@H]2O[C@H]2C(=O)O)c1. The highest BCUT2D eigenvalue weighted by atomic mass is 16.6. The Kier molecular flexibility index (Phi) is 2.13. The molecule has 1 aromatic carbocycles. The van der Waals surface area contributed by atoms with Crippen molar-refractivity contribution < 1.29 is 19.4 Å². The summed E-state index contributed by atoms with van der Waals surface area (Å²) in [6.45, 7) is 0. The molecule has 0 unspecified atom stereocenters. The van der Waals surface area contributed by atoms with Crippen molar-refractivity contribution in [2.75, 3.05) is 7.11 Å². The van der Waals surface area contributed by atoms with E-state index in [-0.39, 0.29) is 6.10 Å². The predicted octanol–water partition coefficient (Wildman–Crippen LogP) is 1.22. The van der Waals surface area contributed by atoms with Crippen LogP contribution in [0.3, 0.4) is 0 Å². The number of hydrogen-bond acceptors (Lipinski definition) is 3. The smallest absolute Gasteiger partial charge is 0.335 e. The fraction of sp³-hybridized carbons (Fsp3) is 0.300. The number of benzene rings is 1. The standard InChI is InChI=1S/C10H10O4/c1-13-7-4-2-3-6(5-7)8-9(14-8)10(11)12/h2-5,8-9H,1H3,(H,11,12)/t8-,9-/m1/s1. The van der Waals surface area contributed by atoms with Gasteiger partial charge in [0.05, 0.1) is 7.11 Å². The van der Waals surface area contributed by atoms with E-state index in [1.54, 1.807) is 13.2 Å². The minimum Gasteiger partial charge on any atom is -0.497 e. The summed E-state index contributed by atoms with van der Waals surface area (Å²) in [6, 6.07) is 7.24. The minimum absolute atomic E-state index is 0.317. The van der Waals surface area contributed by atoms with Gasteiger partial charge in [-0.05, 0) is 17.7 Å². The lowest BCUT2D eigenvalue weighted by molar-refractivity contribution is -0.138. The zero-order valence-corrected chi connectivity index (χ0v) is 7.64.